The van der Waals surface area contributed by atoms with Gasteiger partial charge in [0, 0.05) is 6.54 Å². The van der Waals surface area contributed by atoms with E-state index >= 15 is 0 Å². The molecule has 0 saturated heterocycles. The number of hydrogen-bond donors (Lipinski definition) is 1. The summed E-state index contributed by atoms with van der Waals surface area (Å²) in [6.07, 6.45) is 6.57. The minimum Gasteiger partial charge on any atom is -0.388 e. The molecule has 0 bridgehead atoms. The Labute approximate surface area is 78.6 Å². The van der Waals surface area contributed by atoms with Crippen molar-refractivity contribution in [2.45, 2.75) is 45.8 Å². The summed E-state index contributed by atoms with van der Waals surface area (Å²) in [7, 11) is 0. The maximum atomic E-state index is 8.89. The van der Waals surface area contributed by atoms with Crippen LogP contribution < -0.4 is 0 Å². The molecule has 0 aliphatic carbocycles. The van der Waals surface area contributed by atoms with E-state index in [9.17, 15) is 0 Å². The Morgan fingerprint density at radius 1 is 1.38 bits per heavy atom. The van der Waals surface area contributed by atoms with E-state index in [1.807, 2.05) is 4.57 Å². The highest BCUT2D eigenvalue weighted by Crippen LogP contribution is 2.03. The second kappa shape index (κ2) is 5.70. The SMILES string of the molecule is CCCCCCn1cnnc1CO. The number of aromatic nitrogens is 3. The van der Waals surface area contributed by atoms with Gasteiger partial charge in [-0.05, 0) is 6.42 Å². The number of rotatable bonds is 6. The third-order valence-corrected chi connectivity index (χ3v) is 2.09. The van der Waals surface area contributed by atoms with Gasteiger partial charge in [0.25, 0.3) is 0 Å². The number of aryl methyl sites for hydroxylation is 1. The van der Waals surface area contributed by atoms with Gasteiger partial charge < -0.3 is 9.67 Å². The van der Waals surface area contributed by atoms with Crippen LogP contribution in [0.1, 0.15) is 38.4 Å². The molecule has 13 heavy (non-hydrogen) atoms. The molecule has 1 rings (SSSR count). The van der Waals surface area contributed by atoms with Gasteiger partial charge in [0.05, 0.1) is 0 Å². The summed E-state index contributed by atoms with van der Waals surface area (Å²) in [4.78, 5) is 0. The van der Waals surface area contributed by atoms with Gasteiger partial charge in [0.2, 0.25) is 0 Å². The van der Waals surface area contributed by atoms with E-state index in [-0.39, 0.29) is 6.61 Å². The molecule has 0 aromatic carbocycles. The molecular formula is C9H17N3O. The lowest BCUT2D eigenvalue weighted by molar-refractivity contribution is 0.264. The van der Waals surface area contributed by atoms with Crippen molar-refractivity contribution >= 4 is 0 Å². The second-order valence-electron chi connectivity index (χ2n) is 3.16. The lowest BCUT2D eigenvalue weighted by Crippen LogP contribution is -2.02. The summed E-state index contributed by atoms with van der Waals surface area (Å²) in [6.45, 7) is 3.09. The zero-order chi connectivity index (χ0) is 9.52. The zero-order valence-corrected chi connectivity index (χ0v) is 8.11. The monoisotopic (exact) mass is 183 g/mol. The number of aliphatic hydroxyl groups excluding tert-OH is 1. The van der Waals surface area contributed by atoms with Gasteiger partial charge >= 0.3 is 0 Å². The van der Waals surface area contributed by atoms with Gasteiger partial charge in [-0.3, -0.25) is 0 Å². The van der Waals surface area contributed by atoms with Crippen LogP contribution in [0.3, 0.4) is 0 Å². The van der Waals surface area contributed by atoms with Crippen LogP contribution >= 0.6 is 0 Å². The Morgan fingerprint density at radius 2 is 2.23 bits per heavy atom. The van der Waals surface area contributed by atoms with Crippen LogP contribution in [0.4, 0.5) is 0 Å². The van der Waals surface area contributed by atoms with E-state index < -0.39 is 0 Å². The van der Waals surface area contributed by atoms with E-state index in [2.05, 4.69) is 17.1 Å². The number of unbranched alkanes of at least 4 members (excludes halogenated alkanes) is 3. The van der Waals surface area contributed by atoms with E-state index in [0.717, 1.165) is 13.0 Å². The first-order valence-corrected chi connectivity index (χ1v) is 4.86. The minimum atomic E-state index is -0.0201. The Morgan fingerprint density at radius 3 is 2.92 bits per heavy atom. The van der Waals surface area contributed by atoms with Crippen LogP contribution in [-0.2, 0) is 13.2 Å². The molecule has 1 N–H and O–H groups in total. The number of nitrogens with zero attached hydrogens (tertiary/aromatic N) is 3. The maximum absolute atomic E-state index is 8.89. The largest absolute Gasteiger partial charge is 0.388 e. The van der Waals surface area contributed by atoms with Crippen molar-refractivity contribution in [1.29, 1.82) is 0 Å². The molecule has 0 aliphatic heterocycles. The predicted molar refractivity (Wildman–Crippen MR) is 50.1 cm³/mol. The maximum Gasteiger partial charge on any atom is 0.158 e. The summed E-state index contributed by atoms with van der Waals surface area (Å²) in [6, 6.07) is 0. The summed E-state index contributed by atoms with van der Waals surface area (Å²) in [5.74, 6) is 0.663. The van der Waals surface area contributed by atoms with Crippen molar-refractivity contribution in [3.63, 3.8) is 0 Å². The lowest BCUT2D eigenvalue weighted by Gasteiger charge is -2.03. The van der Waals surface area contributed by atoms with Gasteiger partial charge in [-0.1, -0.05) is 26.2 Å². The Balaban J connectivity index is 2.27. The fourth-order valence-electron chi connectivity index (χ4n) is 1.30. The molecule has 0 saturated carbocycles. The minimum absolute atomic E-state index is 0.0201. The van der Waals surface area contributed by atoms with Crippen LogP contribution in [0.5, 0.6) is 0 Å². The van der Waals surface area contributed by atoms with Crippen LogP contribution in [0.15, 0.2) is 6.33 Å². The van der Waals surface area contributed by atoms with Crippen LogP contribution in [0.2, 0.25) is 0 Å². The fraction of sp³-hybridized carbons (Fsp3) is 0.778. The molecule has 0 atom stereocenters. The summed E-state index contributed by atoms with van der Waals surface area (Å²) >= 11 is 0. The van der Waals surface area contributed by atoms with E-state index in [1.165, 1.54) is 19.3 Å². The first kappa shape index (κ1) is 10.2. The van der Waals surface area contributed by atoms with Crippen molar-refractivity contribution in [2.75, 3.05) is 0 Å². The van der Waals surface area contributed by atoms with Crippen LogP contribution in [0, 0.1) is 0 Å². The normalized spacial score (nSPS) is 10.6. The molecule has 0 spiro atoms. The van der Waals surface area contributed by atoms with Gasteiger partial charge in [-0.2, -0.15) is 0 Å². The Hall–Kier alpha value is -0.900. The van der Waals surface area contributed by atoms with E-state index in [1.54, 1.807) is 6.33 Å². The quantitative estimate of drug-likeness (QED) is 0.677. The fourth-order valence-corrected chi connectivity index (χ4v) is 1.30. The molecule has 0 fully saturated rings. The molecule has 0 aliphatic rings. The first-order chi connectivity index (χ1) is 6.38. The molecule has 1 heterocycles. The second-order valence-corrected chi connectivity index (χ2v) is 3.16. The third-order valence-electron chi connectivity index (χ3n) is 2.09. The Kier molecular flexibility index (Phi) is 4.46. The molecule has 0 amide bonds. The summed E-state index contributed by atoms with van der Waals surface area (Å²) in [5.41, 5.74) is 0. The molecule has 0 radical (unpaired) electrons. The van der Waals surface area contributed by atoms with Crippen LogP contribution in [-0.4, -0.2) is 19.9 Å². The number of aliphatic hydroxyl groups is 1. The highest BCUT2D eigenvalue weighted by atomic mass is 16.3. The van der Waals surface area contributed by atoms with Gasteiger partial charge in [0.15, 0.2) is 5.82 Å². The van der Waals surface area contributed by atoms with E-state index in [0.29, 0.717) is 5.82 Å². The van der Waals surface area contributed by atoms with Crippen molar-refractivity contribution in [2.24, 2.45) is 0 Å². The van der Waals surface area contributed by atoms with Crippen molar-refractivity contribution in [3.05, 3.63) is 12.2 Å². The molecule has 1 aromatic rings. The first-order valence-electron chi connectivity index (χ1n) is 4.86. The average molecular weight is 183 g/mol. The Bertz CT molecular complexity index is 235. The van der Waals surface area contributed by atoms with Crippen LogP contribution in [0.25, 0.3) is 0 Å². The van der Waals surface area contributed by atoms with Crippen molar-refractivity contribution in [1.82, 2.24) is 14.8 Å². The average Bonchev–Trinajstić information content (AvgIpc) is 2.60. The molecule has 4 heteroatoms. The standard InChI is InChI=1S/C9H17N3O/c1-2-3-4-5-6-12-8-10-11-9(12)7-13/h8,13H,2-7H2,1H3. The molecule has 74 valence electrons. The van der Waals surface area contributed by atoms with Gasteiger partial charge in [-0.25, -0.2) is 0 Å². The lowest BCUT2D eigenvalue weighted by atomic mass is 10.2. The molecule has 4 nitrogen and oxygen atoms in total. The summed E-state index contributed by atoms with van der Waals surface area (Å²) in [5, 5.41) is 16.4. The highest BCUT2D eigenvalue weighted by molar-refractivity contribution is 4.81. The molecule has 1 aromatic heterocycles. The van der Waals surface area contributed by atoms with Crippen molar-refractivity contribution < 1.29 is 5.11 Å². The number of hydrogen-bond acceptors (Lipinski definition) is 3. The third kappa shape index (κ3) is 3.14. The van der Waals surface area contributed by atoms with E-state index in [4.69, 9.17) is 5.11 Å². The van der Waals surface area contributed by atoms with Gasteiger partial charge in [-0.15, -0.1) is 10.2 Å². The molecule has 0 unspecified atom stereocenters. The summed E-state index contributed by atoms with van der Waals surface area (Å²) < 4.78 is 1.91. The smallest absolute Gasteiger partial charge is 0.158 e. The highest BCUT2D eigenvalue weighted by Gasteiger charge is 2.00. The van der Waals surface area contributed by atoms with Gasteiger partial charge in [0.1, 0.15) is 12.9 Å². The zero-order valence-electron chi connectivity index (χ0n) is 8.11. The van der Waals surface area contributed by atoms with Crippen molar-refractivity contribution in [3.8, 4) is 0 Å². The topological polar surface area (TPSA) is 50.9 Å². The predicted octanol–water partition coefficient (Wildman–Crippen LogP) is 1.35. The molecular weight excluding hydrogens is 166 g/mol.